The minimum Gasteiger partial charge on any atom is -0.481 e. The van der Waals surface area contributed by atoms with Crippen LogP contribution in [0.1, 0.15) is 44.9 Å². The standard InChI is InChI=1S/C15H22O5/c1-20-15(13(18)19)11(12(16)17)14(15)7-6-9-4-2-3-5-10(9)8-14/h9-11H,2-8H2,1H3,(H,16,17)(H,18,19). The molecule has 3 fully saturated rings. The van der Waals surface area contributed by atoms with Crippen molar-refractivity contribution in [3.63, 3.8) is 0 Å². The summed E-state index contributed by atoms with van der Waals surface area (Å²) in [6.45, 7) is 0. The highest BCUT2D eigenvalue weighted by atomic mass is 16.5. The van der Waals surface area contributed by atoms with E-state index in [4.69, 9.17) is 4.74 Å². The molecule has 5 unspecified atom stereocenters. The third-order valence-electron chi connectivity index (χ3n) is 6.16. The fourth-order valence-corrected chi connectivity index (χ4v) is 5.26. The molecule has 0 aromatic rings. The second-order valence-corrected chi connectivity index (χ2v) is 6.72. The molecule has 0 radical (unpaired) electrons. The maximum absolute atomic E-state index is 11.7. The molecule has 1 spiro atoms. The first-order chi connectivity index (χ1) is 9.49. The zero-order valence-corrected chi connectivity index (χ0v) is 11.8. The van der Waals surface area contributed by atoms with Gasteiger partial charge in [-0.1, -0.05) is 25.7 Å². The fraction of sp³-hybridized carbons (Fsp3) is 0.867. The van der Waals surface area contributed by atoms with E-state index in [0.29, 0.717) is 24.7 Å². The van der Waals surface area contributed by atoms with E-state index in [1.807, 2.05) is 0 Å². The molecule has 0 saturated heterocycles. The van der Waals surface area contributed by atoms with Gasteiger partial charge in [-0.15, -0.1) is 0 Å². The smallest absolute Gasteiger partial charge is 0.337 e. The fourth-order valence-electron chi connectivity index (χ4n) is 5.26. The van der Waals surface area contributed by atoms with E-state index in [2.05, 4.69) is 0 Å². The van der Waals surface area contributed by atoms with Gasteiger partial charge in [0.05, 0.1) is 0 Å². The second-order valence-electron chi connectivity index (χ2n) is 6.72. The van der Waals surface area contributed by atoms with Gasteiger partial charge < -0.3 is 14.9 Å². The topological polar surface area (TPSA) is 83.8 Å². The molecule has 2 N–H and O–H groups in total. The van der Waals surface area contributed by atoms with Crippen LogP contribution in [0, 0.1) is 23.2 Å². The Balaban J connectivity index is 1.91. The summed E-state index contributed by atoms with van der Waals surface area (Å²) in [5.41, 5.74) is -2.18. The summed E-state index contributed by atoms with van der Waals surface area (Å²) in [6.07, 6.45) is 7.09. The van der Waals surface area contributed by atoms with Crippen LogP contribution in [0.5, 0.6) is 0 Å². The van der Waals surface area contributed by atoms with Crippen molar-refractivity contribution >= 4 is 11.9 Å². The van der Waals surface area contributed by atoms with Crippen LogP contribution in [0.25, 0.3) is 0 Å². The molecule has 20 heavy (non-hydrogen) atoms. The number of hydrogen-bond donors (Lipinski definition) is 2. The molecular weight excluding hydrogens is 260 g/mol. The van der Waals surface area contributed by atoms with Crippen LogP contribution in [0.15, 0.2) is 0 Å². The summed E-state index contributed by atoms with van der Waals surface area (Å²) >= 11 is 0. The monoisotopic (exact) mass is 282 g/mol. The lowest BCUT2D eigenvalue weighted by atomic mass is 9.65. The molecule has 112 valence electrons. The number of carboxylic acid groups (broad SMARTS) is 2. The molecule has 0 bridgehead atoms. The highest BCUT2D eigenvalue weighted by molar-refractivity contribution is 5.95. The predicted molar refractivity (Wildman–Crippen MR) is 70.2 cm³/mol. The molecule has 3 saturated carbocycles. The van der Waals surface area contributed by atoms with Crippen molar-refractivity contribution < 1.29 is 24.5 Å². The molecule has 3 aliphatic rings. The summed E-state index contributed by atoms with van der Waals surface area (Å²) in [6, 6.07) is 0. The molecule has 3 rings (SSSR count). The van der Waals surface area contributed by atoms with Gasteiger partial charge >= 0.3 is 11.9 Å². The Hall–Kier alpha value is -1.10. The van der Waals surface area contributed by atoms with Crippen LogP contribution in [0.4, 0.5) is 0 Å². The van der Waals surface area contributed by atoms with Crippen LogP contribution in [-0.2, 0) is 14.3 Å². The van der Waals surface area contributed by atoms with Gasteiger partial charge in [0.1, 0.15) is 5.92 Å². The van der Waals surface area contributed by atoms with E-state index in [1.165, 1.54) is 26.4 Å². The van der Waals surface area contributed by atoms with E-state index in [9.17, 15) is 19.8 Å². The summed E-state index contributed by atoms with van der Waals surface area (Å²) in [5, 5.41) is 19.0. The van der Waals surface area contributed by atoms with Gasteiger partial charge in [0, 0.05) is 12.5 Å². The minimum atomic E-state index is -1.50. The molecule has 0 amide bonds. The van der Waals surface area contributed by atoms with Crippen molar-refractivity contribution in [1.82, 2.24) is 0 Å². The Labute approximate surface area is 118 Å². The molecule has 5 nitrogen and oxygen atoms in total. The van der Waals surface area contributed by atoms with E-state index >= 15 is 0 Å². The first-order valence-corrected chi connectivity index (χ1v) is 7.51. The van der Waals surface area contributed by atoms with E-state index in [-0.39, 0.29) is 0 Å². The van der Waals surface area contributed by atoms with Gasteiger partial charge in [-0.2, -0.15) is 0 Å². The predicted octanol–water partition coefficient (Wildman–Crippen LogP) is 2.15. The number of ether oxygens (including phenoxy) is 1. The number of rotatable bonds is 3. The third kappa shape index (κ3) is 1.53. The normalized spacial score (nSPS) is 46.8. The number of fused-ring (bicyclic) bond motifs is 1. The third-order valence-corrected chi connectivity index (χ3v) is 6.16. The molecule has 5 atom stereocenters. The van der Waals surface area contributed by atoms with Crippen molar-refractivity contribution in [3.05, 3.63) is 0 Å². The van der Waals surface area contributed by atoms with Crippen LogP contribution in [0.3, 0.4) is 0 Å². The number of methoxy groups -OCH3 is 1. The number of hydrogen-bond acceptors (Lipinski definition) is 3. The Morgan fingerprint density at radius 1 is 1.10 bits per heavy atom. The van der Waals surface area contributed by atoms with Gasteiger partial charge in [-0.05, 0) is 31.1 Å². The van der Waals surface area contributed by atoms with Crippen LogP contribution in [-0.4, -0.2) is 34.9 Å². The van der Waals surface area contributed by atoms with Crippen LogP contribution in [0.2, 0.25) is 0 Å². The van der Waals surface area contributed by atoms with Crippen molar-refractivity contribution in [2.75, 3.05) is 7.11 Å². The number of carbonyl (C=O) groups is 2. The molecule has 5 heteroatoms. The minimum absolute atomic E-state index is 0.482. The van der Waals surface area contributed by atoms with Crippen molar-refractivity contribution in [2.24, 2.45) is 23.2 Å². The summed E-state index contributed by atoms with van der Waals surface area (Å²) in [7, 11) is 1.34. The molecule has 0 aliphatic heterocycles. The average molecular weight is 282 g/mol. The zero-order valence-electron chi connectivity index (χ0n) is 11.8. The summed E-state index contributed by atoms with van der Waals surface area (Å²) < 4.78 is 5.28. The molecular formula is C15H22O5. The lowest BCUT2D eigenvalue weighted by Crippen LogP contribution is -2.38. The lowest BCUT2D eigenvalue weighted by Gasteiger charge is -2.40. The van der Waals surface area contributed by atoms with Crippen LogP contribution < -0.4 is 0 Å². The molecule has 3 aliphatic carbocycles. The lowest BCUT2D eigenvalue weighted by molar-refractivity contribution is -0.159. The molecule has 0 heterocycles. The van der Waals surface area contributed by atoms with Crippen LogP contribution >= 0.6 is 0 Å². The van der Waals surface area contributed by atoms with E-state index in [1.54, 1.807) is 0 Å². The van der Waals surface area contributed by atoms with Gasteiger partial charge in [0.2, 0.25) is 0 Å². The van der Waals surface area contributed by atoms with Crippen molar-refractivity contribution in [1.29, 1.82) is 0 Å². The Bertz CT molecular complexity index is 448. The highest BCUT2D eigenvalue weighted by Crippen LogP contribution is 2.72. The van der Waals surface area contributed by atoms with Crippen molar-refractivity contribution in [2.45, 2.75) is 50.5 Å². The second kappa shape index (κ2) is 4.45. The van der Waals surface area contributed by atoms with Gasteiger partial charge in [-0.3, -0.25) is 4.79 Å². The first kappa shape index (κ1) is 13.9. The number of aliphatic carboxylic acids is 2. The van der Waals surface area contributed by atoms with E-state index < -0.39 is 28.9 Å². The van der Waals surface area contributed by atoms with Gasteiger partial charge in [0.15, 0.2) is 5.60 Å². The molecule has 0 aromatic heterocycles. The number of carboxylic acids is 2. The van der Waals surface area contributed by atoms with Gasteiger partial charge in [-0.25, -0.2) is 4.79 Å². The van der Waals surface area contributed by atoms with E-state index in [0.717, 1.165) is 12.8 Å². The van der Waals surface area contributed by atoms with Crippen molar-refractivity contribution in [3.8, 4) is 0 Å². The first-order valence-electron chi connectivity index (χ1n) is 7.51. The Kier molecular flexibility index (Phi) is 3.08. The SMILES string of the molecule is COC1(C(=O)O)C(C(=O)O)C12CCC1CCCCC1C2. The maximum atomic E-state index is 11.7. The summed E-state index contributed by atoms with van der Waals surface area (Å²) in [5.74, 6) is -1.88. The quantitative estimate of drug-likeness (QED) is 0.828. The average Bonchev–Trinajstić information content (AvgIpc) is 3.01. The Morgan fingerprint density at radius 2 is 1.75 bits per heavy atom. The molecule has 0 aromatic carbocycles. The maximum Gasteiger partial charge on any atom is 0.337 e. The summed E-state index contributed by atoms with van der Waals surface area (Å²) in [4.78, 5) is 23.2. The zero-order chi connectivity index (χ0) is 14.5. The van der Waals surface area contributed by atoms with Gasteiger partial charge in [0.25, 0.3) is 0 Å². The Morgan fingerprint density at radius 3 is 2.25 bits per heavy atom. The largest absolute Gasteiger partial charge is 0.481 e. The highest BCUT2D eigenvalue weighted by Gasteiger charge is 2.85.